The molecule has 1 aromatic heterocycles. The van der Waals surface area contributed by atoms with Gasteiger partial charge in [0.1, 0.15) is 10.7 Å². The van der Waals surface area contributed by atoms with Crippen LogP contribution in [0.3, 0.4) is 0 Å². The van der Waals surface area contributed by atoms with E-state index in [2.05, 4.69) is 4.98 Å². The average Bonchev–Trinajstić information content (AvgIpc) is 2.86. The molecule has 0 spiro atoms. The zero-order valence-electron chi connectivity index (χ0n) is 10.5. The van der Waals surface area contributed by atoms with E-state index in [0.29, 0.717) is 23.8 Å². The lowest BCUT2D eigenvalue weighted by Crippen LogP contribution is -2.26. The van der Waals surface area contributed by atoms with Crippen molar-refractivity contribution in [1.29, 1.82) is 0 Å². The summed E-state index contributed by atoms with van der Waals surface area (Å²) in [7, 11) is 1.74. The fraction of sp³-hybridized carbons (Fsp3) is 0.231. The number of halogens is 1. The van der Waals surface area contributed by atoms with Gasteiger partial charge >= 0.3 is 0 Å². The van der Waals surface area contributed by atoms with Crippen LogP contribution in [0.4, 0.5) is 0 Å². The van der Waals surface area contributed by atoms with Crippen molar-refractivity contribution in [2.24, 2.45) is 5.73 Å². The molecule has 0 unspecified atom stereocenters. The van der Waals surface area contributed by atoms with E-state index >= 15 is 0 Å². The molecule has 2 rings (SSSR count). The van der Waals surface area contributed by atoms with Crippen LogP contribution in [0.15, 0.2) is 29.6 Å². The monoisotopic (exact) mass is 295 g/mol. The molecule has 2 N–H and O–H groups in total. The van der Waals surface area contributed by atoms with E-state index < -0.39 is 0 Å². The van der Waals surface area contributed by atoms with Gasteiger partial charge in [0, 0.05) is 30.5 Å². The SMILES string of the molecule is CN(Cc1cccc(Cl)c1)C(=O)c1csc(CN)n1. The maximum absolute atomic E-state index is 12.2. The lowest BCUT2D eigenvalue weighted by Gasteiger charge is -2.16. The number of amides is 1. The Hall–Kier alpha value is -1.43. The molecule has 0 radical (unpaired) electrons. The molecule has 1 heterocycles. The van der Waals surface area contributed by atoms with Crippen LogP contribution < -0.4 is 5.73 Å². The summed E-state index contributed by atoms with van der Waals surface area (Å²) in [6.07, 6.45) is 0. The van der Waals surface area contributed by atoms with Gasteiger partial charge in [-0.05, 0) is 17.7 Å². The first-order chi connectivity index (χ1) is 9.10. The number of hydrogen-bond donors (Lipinski definition) is 1. The van der Waals surface area contributed by atoms with Gasteiger partial charge in [-0.25, -0.2) is 4.98 Å². The predicted molar refractivity (Wildman–Crippen MR) is 77.3 cm³/mol. The quantitative estimate of drug-likeness (QED) is 0.943. The van der Waals surface area contributed by atoms with Crippen molar-refractivity contribution in [3.05, 3.63) is 50.9 Å². The fourth-order valence-electron chi connectivity index (χ4n) is 1.68. The molecule has 0 aliphatic carbocycles. The van der Waals surface area contributed by atoms with Gasteiger partial charge in [0.15, 0.2) is 0 Å². The van der Waals surface area contributed by atoms with Crippen molar-refractivity contribution in [3.8, 4) is 0 Å². The van der Waals surface area contributed by atoms with Gasteiger partial charge in [0.2, 0.25) is 0 Å². The summed E-state index contributed by atoms with van der Waals surface area (Å²) in [6, 6.07) is 7.45. The van der Waals surface area contributed by atoms with E-state index in [9.17, 15) is 4.79 Å². The molecule has 0 atom stereocenters. The maximum Gasteiger partial charge on any atom is 0.273 e. The van der Waals surface area contributed by atoms with Crippen LogP contribution in [0, 0.1) is 0 Å². The number of aromatic nitrogens is 1. The van der Waals surface area contributed by atoms with Gasteiger partial charge in [-0.3, -0.25) is 4.79 Å². The molecule has 0 saturated heterocycles. The molecule has 0 aliphatic rings. The summed E-state index contributed by atoms with van der Waals surface area (Å²) in [5.41, 5.74) is 6.91. The minimum atomic E-state index is -0.115. The van der Waals surface area contributed by atoms with Gasteiger partial charge in [0.25, 0.3) is 5.91 Å². The lowest BCUT2D eigenvalue weighted by atomic mass is 10.2. The van der Waals surface area contributed by atoms with Gasteiger partial charge in [0.05, 0.1) is 0 Å². The molecule has 0 bridgehead atoms. The molecular formula is C13H14ClN3OS. The maximum atomic E-state index is 12.2. The lowest BCUT2D eigenvalue weighted by molar-refractivity contribution is 0.0780. The van der Waals surface area contributed by atoms with Crippen molar-refractivity contribution in [2.45, 2.75) is 13.1 Å². The van der Waals surface area contributed by atoms with Crippen molar-refractivity contribution in [3.63, 3.8) is 0 Å². The van der Waals surface area contributed by atoms with Gasteiger partial charge in [-0.15, -0.1) is 11.3 Å². The summed E-state index contributed by atoms with van der Waals surface area (Å²) in [5, 5.41) is 3.16. The third-order valence-electron chi connectivity index (χ3n) is 2.60. The average molecular weight is 296 g/mol. The molecule has 0 saturated carbocycles. The smallest absolute Gasteiger partial charge is 0.273 e. The standard InChI is InChI=1S/C13H14ClN3OS/c1-17(7-9-3-2-4-10(14)5-9)13(18)11-8-19-12(6-15)16-11/h2-5,8H,6-7,15H2,1H3. The van der Waals surface area contributed by atoms with Crippen molar-refractivity contribution < 1.29 is 4.79 Å². The van der Waals surface area contributed by atoms with Crippen molar-refractivity contribution in [1.82, 2.24) is 9.88 Å². The van der Waals surface area contributed by atoms with Crippen LogP contribution in [0.25, 0.3) is 0 Å². The first-order valence-corrected chi connectivity index (χ1v) is 7.00. The van der Waals surface area contributed by atoms with E-state index in [-0.39, 0.29) is 5.91 Å². The molecule has 6 heteroatoms. The number of carbonyl (C=O) groups is 1. The molecule has 4 nitrogen and oxygen atoms in total. The molecule has 2 aromatic rings. The summed E-state index contributed by atoms with van der Waals surface area (Å²) in [6.45, 7) is 0.852. The number of hydrogen-bond acceptors (Lipinski definition) is 4. The largest absolute Gasteiger partial charge is 0.336 e. The van der Waals surface area contributed by atoms with E-state index in [4.69, 9.17) is 17.3 Å². The molecular weight excluding hydrogens is 282 g/mol. The zero-order valence-corrected chi connectivity index (χ0v) is 12.0. The summed E-state index contributed by atoms with van der Waals surface area (Å²) < 4.78 is 0. The van der Waals surface area contributed by atoms with E-state index in [1.165, 1.54) is 11.3 Å². The Morgan fingerprint density at radius 1 is 1.53 bits per heavy atom. The Labute approximate surface area is 120 Å². The number of nitrogens with zero attached hydrogens (tertiary/aromatic N) is 2. The highest BCUT2D eigenvalue weighted by Gasteiger charge is 2.15. The normalized spacial score (nSPS) is 10.5. The van der Waals surface area contributed by atoms with Crippen LogP contribution in [0.5, 0.6) is 0 Å². The van der Waals surface area contributed by atoms with Crippen molar-refractivity contribution >= 4 is 28.8 Å². The Bertz CT molecular complexity index is 585. The predicted octanol–water partition coefficient (Wildman–Crippen LogP) is 2.53. The minimum Gasteiger partial charge on any atom is -0.336 e. The second-order valence-electron chi connectivity index (χ2n) is 4.12. The second kappa shape index (κ2) is 6.14. The van der Waals surface area contributed by atoms with Crippen LogP contribution >= 0.6 is 22.9 Å². The number of rotatable bonds is 4. The molecule has 100 valence electrons. The zero-order chi connectivity index (χ0) is 13.8. The molecule has 0 fully saturated rings. The van der Waals surface area contributed by atoms with E-state index in [1.54, 1.807) is 23.4 Å². The van der Waals surface area contributed by atoms with Crippen LogP contribution in [-0.2, 0) is 13.1 Å². The molecule has 1 amide bonds. The minimum absolute atomic E-state index is 0.115. The third-order valence-corrected chi connectivity index (χ3v) is 3.71. The number of nitrogens with two attached hydrogens (primary N) is 1. The third kappa shape index (κ3) is 3.53. The van der Waals surface area contributed by atoms with Crippen LogP contribution in [0.2, 0.25) is 5.02 Å². The summed E-state index contributed by atoms with van der Waals surface area (Å²) in [4.78, 5) is 18.0. The van der Waals surface area contributed by atoms with Crippen LogP contribution in [-0.4, -0.2) is 22.8 Å². The molecule has 0 aliphatic heterocycles. The van der Waals surface area contributed by atoms with Crippen LogP contribution in [0.1, 0.15) is 21.1 Å². The Morgan fingerprint density at radius 3 is 2.95 bits per heavy atom. The Balaban J connectivity index is 2.07. The van der Waals surface area contributed by atoms with Crippen molar-refractivity contribution in [2.75, 3.05) is 7.05 Å². The first kappa shape index (κ1) is 14.0. The topological polar surface area (TPSA) is 59.2 Å². The van der Waals surface area contributed by atoms with Gasteiger partial charge in [-0.2, -0.15) is 0 Å². The second-order valence-corrected chi connectivity index (χ2v) is 5.50. The van der Waals surface area contributed by atoms with E-state index in [1.807, 2.05) is 18.2 Å². The van der Waals surface area contributed by atoms with Gasteiger partial charge < -0.3 is 10.6 Å². The molecule has 19 heavy (non-hydrogen) atoms. The summed E-state index contributed by atoms with van der Waals surface area (Å²) in [5.74, 6) is -0.115. The first-order valence-electron chi connectivity index (χ1n) is 5.74. The fourth-order valence-corrected chi connectivity index (χ4v) is 2.54. The van der Waals surface area contributed by atoms with E-state index in [0.717, 1.165) is 10.6 Å². The molecule has 1 aromatic carbocycles. The highest BCUT2D eigenvalue weighted by atomic mass is 35.5. The number of thiazole rings is 1. The highest BCUT2D eigenvalue weighted by molar-refractivity contribution is 7.09. The highest BCUT2D eigenvalue weighted by Crippen LogP contribution is 2.15. The van der Waals surface area contributed by atoms with Gasteiger partial charge in [-0.1, -0.05) is 23.7 Å². The summed E-state index contributed by atoms with van der Waals surface area (Å²) >= 11 is 7.32. The number of carbonyl (C=O) groups excluding carboxylic acids is 1. The Kier molecular flexibility index (Phi) is 4.52. The Morgan fingerprint density at radius 2 is 2.32 bits per heavy atom. The number of benzene rings is 1.